The number of hydrogen-bond acceptors (Lipinski definition) is 5. The van der Waals surface area contributed by atoms with Crippen LogP contribution in [0.25, 0.3) is 5.57 Å². The SMILES string of the molecule is COCCN(CCOC)C1=C(c2ccc(C)cc2C)C(=O)N(c2ccc(Cl)cc2C)C1=O. The second-order valence-electron chi connectivity index (χ2n) is 7.89. The third kappa shape index (κ3) is 4.72. The molecule has 0 bridgehead atoms. The van der Waals surface area contributed by atoms with E-state index in [4.69, 9.17) is 21.1 Å². The van der Waals surface area contributed by atoms with Crippen molar-refractivity contribution in [3.05, 3.63) is 69.4 Å². The number of ether oxygens (including phenoxy) is 2. The van der Waals surface area contributed by atoms with Crippen LogP contribution in [0.3, 0.4) is 0 Å². The molecule has 2 aromatic carbocycles. The third-order valence-corrected chi connectivity index (χ3v) is 5.79. The molecule has 0 aromatic heterocycles. The molecule has 0 N–H and O–H groups in total. The molecule has 0 radical (unpaired) electrons. The number of aryl methyl sites for hydroxylation is 3. The number of rotatable bonds is 9. The first-order valence-corrected chi connectivity index (χ1v) is 10.9. The Morgan fingerprint density at radius 2 is 1.53 bits per heavy atom. The van der Waals surface area contributed by atoms with Gasteiger partial charge in [0, 0.05) is 32.3 Å². The normalized spacial score (nSPS) is 14.0. The highest BCUT2D eigenvalue weighted by Crippen LogP contribution is 2.37. The molecule has 1 aliphatic rings. The quantitative estimate of drug-likeness (QED) is 0.530. The molecule has 2 amide bonds. The van der Waals surface area contributed by atoms with Gasteiger partial charge in [-0.3, -0.25) is 9.59 Å². The molecule has 0 fully saturated rings. The van der Waals surface area contributed by atoms with Crippen molar-refractivity contribution in [3.63, 3.8) is 0 Å². The van der Waals surface area contributed by atoms with Gasteiger partial charge in [-0.05, 0) is 55.7 Å². The number of methoxy groups -OCH3 is 2. The lowest BCUT2D eigenvalue weighted by Crippen LogP contribution is -2.38. The van der Waals surface area contributed by atoms with Crippen LogP contribution in [0, 0.1) is 20.8 Å². The Kier molecular flexibility index (Phi) is 7.72. The predicted octanol–water partition coefficient (Wildman–Crippen LogP) is 4.14. The lowest BCUT2D eigenvalue weighted by Gasteiger charge is -2.26. The molecule has 0 atom stereocenters. The van der Waals surface area contributed by atoms with E-state index in [1.54, 1.807) is 32.4 Å². The number of amides is 2. The summed E-state index contributed by atoms with van der Waals surface area (Å²) in [6.07, 6.45) is 0. The molecule has 7 heteroatoms. The molecule has 0 unspecified atom stereocenters. The van der Waals surface area contributed by atoms with Gasteiger partial charge in [0.2, 0.25) is 0 Å². The van der Waals surface area contributed by atoms with Gasteiger partial charge in [-0.2, -0.15) is 0 Å². The fourth-order valence-electron chi connectivity index (χ4n) is 3.98. The van der Waals surface area contributed by atoms with Crippen LogP contribution in [0.15, 0.2) is 42.1 Å². The van der Waals surface area contributed by atoms with Crippen LogP contribution in [0.4, 0.5) is 5.69 Å². The lowest BCUT2D eigenvalue weighted by molar-refractivity contribution is -0.120. The molecular weight excluding hydrogens is 428 g/mol. The molecule has 1 heterocycles. The first-order valence-electron chi connectivity index (χ1n) is 10.5. The van der Waals surface area contributed by atoms with Crippen LogP contribution < -0.4 is 4.90 Å². The molecule has 1 aliphatic heterocycles. The highest BCUT2D eigenvalue weighted by molar-refractivity contribution is 6.45. The number of nitrogens with zero attached hydrogens (tertiary/aromatic N) is 2. The number of hydrogen-bond donors (Lipinski definition) is 0. The average molecular weight is 457 g/mol. The zero-order valence-corrected chi connectivity index (χ0v) is 20.0. The number of halogens is 1. The minimum atomic E-state index is -0.359. The van der Waals surface area contributed by atoms with Gasteiger partial charge in [-0.1, -0.05) is 35.4 Å². The van der Waals surface area contributed by atoms with Crippen LogP contribution in [0.5, 0.6) is 0 Å². The highest BCUT2D eigenvalue weighted by atomic mass is 35.5. The van der Waals surface area contributed by atoms with Gasteiger partial charge >= 0.3 is 0 Å². The van der Waals surface area contributed by atoms with Gasteiger partial charge in [0.15, 0.2) is 0 Å². The van der Waals surface area contributed by atoms with Gasteiger partial charge in [0.25, 0.3) is 11.8 Å². The number of carbonyl (C=O) groups is 2. The summed E-state index contributed by atoms with van der Waals surface area (Å²) < 4.78 is 10.5. The van der Waals surface area contributed by atoms with Crippen LogP contribution in [-0.2, 0) is 19.1 Å². The summed E-state index contributed by atoms with van der Waals surface area (Å²) in [6, 6.07) is 11.0. The summed E-state index contributed by atoms with van der Waals surface area (Å²) in [5, 5.41) is 0.551. The largest absolute Gasteiger partial charge is 0.383 e. The molecule has 6 nitrogen and oxygen atoms in total. The van der Waals surface area contributed by atoms with Crippen molar-refractivity contribution >= 4 is 34.7 Å². The van der Waals surface area contributed by atoms with Crippen molar-refractivity contribution in [2.45, 2.75) is 20.8 Å². The van der Waals surface area contributed by atoms with E-state index in [0.29, 0.717) is 48.3 Å². The van der Waals surface area contributed by atoms with E-state index in [1.165, 1.54) is 4.90 Å². The molecular formula is C25H29ClN2O4. The minimum Gasteiger partial charge on any atom is -0.383 e. The van der Waals surface area contributed by atoms with E-state index in [-0.39, 0.29) is 11.8 Å². The van der Waals surface area contributed by atoms with Crippen molar-refractivity contribution in [1.29, 1.82) is 0 Å². The third-order valence-electron chi connectivity index (χ3n) is 5.56. The first kappa shape index (κ1) is 24.0. The van der Waals surface area contributed by atoms with Crippen molar-refractivity contribution in [2.24, 2.45) is 0 Å². The minimum absolute atomic E-state index is 0.345. The molecule has 32 heavy (non-hydrogen) atoms. The van der Waals surface area contributed by atoms with E-state index in [9.17, 15) is 9.59 Å². The van der Waals surface area contributed by atoms with E-state index in [1.807, 2.05) is 43.9 Å². The van der Waals surface area contributed by atoms with Gasteiger partial charge in [0.1, 0.15) is 5.70 Å². The maximum Gasteiger partial charge on any atom is 0.282 e. The molecule has 0 spiro atoms. The van der Waals surface area contributed by atoms with E-state index in [0.717, 1.165) is 22.3 Å². The van der Waals surface area contributed by atoms with Crippen molar-refractivity contribution in [1.82, 2.24) is 4.90 Å². The Bertz CT molecular complexity index is 1060. The number of anilines is 1. The summed E-state index contributed by atoms with van der Waals surface area (Å²) in [7, 11) is 3.22. The second-order valence-corrected chi connectivity index (χ2v) is 8.33. The average Bonchev–Trinajstić information content (AvgIpc) is 2.99. The van der Waals surface area contributed by atoms with Gasteiger partial charge in [-0.15, -0.1) is 0 Å². The maximum absolute atomic E-state index is 13.8. The Hall–Kier alpha value is -2.67. The summed E-state index contributed by atoms with van der Waals surface area (Å²) in [5.41, 5.74) is 4.82. The van der Waals surface area contributed by atoms with Crippen LogP contribution in [-0.4, -0.2) is 57.2 Å². The zero-order chi connectivity index (χ0) is 23.4. The molecule has 3 rings (SSSR count). The fraction of sp³-hybridized carbons (Fsp3) is 0.360. The number of benzene rings is 2. The van der Waals surface area contributed by atoms with Gasteiger partial charge in [0.05, 0.1) is 24.5 Å². The van der Waals surface area contributed by atoms with Crippen molar-refractivity contribution in [3.8, 4) is 0 Å². The second kappa shape index (κ2) is 10.3. The molecule has 0 aliphatic carbocycles. The Morgan fingerprint density at radius 1 is 0.875 bits per heavy atom. The molecule has 2 aromatic rings. The Morgan fingerprint density at radius 3 is 2.09 bits per heavy atom. The van der Waals surface area contributed by atoms with Gasteiger partial charge < -0.3 is 14.4 Å². The molecule has 0 saturated heterocycles. The van der Waals surface area contributed by atoms with E-state index in [2.05, 4.69) is 0 Å². The summed E-state index contributed by atoms with van der Waals surface area (Å²) in [6.45, 7) is 7.52. The number of imide groups is 1. The highest BCUT2D eigenvalue weighted by Gasteiger charge is 2.43. The first-order chi connectivity index (χ1) is 15.3. The zero-order valence-electron chi connectivity index (χ0n) is 19.2. The van der Waals surface area contributed by atoms with E-state index >= 15 is 0 Å². The topological polar surface area (TPSA) is 59.1 Å². The van der Waals surface area contributed by atoms with E-state index < -0.39 is 0 Å². The summed E-state index contributed by atoms with van der Waals surface area (Å²) in [5.74, 6) is -0.704. The van der Waals surface area contributed by atoms with Crippen LogP contribution in [0.2, 0.25) is 5.02 Å². The fourth-order valence-corrected chi connectivity index (χ4v) is 4.20. The predicted molar refractivity (Wildman–Crippen MR) is 127 cm³/mol. The summed E-state index contributed by atoms with van der Waals surface area (Å²) in [4.78, 5) is 30.7. The molecule has 170 valence electrons. The number of carbonyl (C=O) groups excluding carboxylic acids is 2. The summed E-state index contributed by atoms with van der Waals surface area (Å²) >= 11 is 6.12. The maximum atomic E-state index is 13.8. The smallest absolute Gasteiger partial charge is 0.282 e. The van der Waals surface area contributed by atoms with Gasteiger partial charge in [-0.25, -0.2) is 4.90 Å². The van der Waals surface area contributed by atoms with Crippen LogP contribution >= 0.6 is 11.6 Å². The lowest BCUT2D eigenvalue weighted by atomic mass is 9.97. The monoisotopic (exact) mass is 456 g/mol. The Balaban J connectivity index is 2.19. The van der Waals surface area contributed by atoms with Crippen LogP contribution in [0.1, 0.15) is 22.3 Å². The van der Waals surface area contributed by atoms with Crippen molar-refractivity contribution in [2.75, 3.05) is 45.4 Å². The molecule has 0 saturated carbocycles. The van der Waals surface area contributed by atoms with Crippen molar-refractivity contribution < 1.29 is 19.1 Å². The Labute approximate surface area is 194 Å². The standard InChI is InChI=1S/C25H29ClN2O4/c1-16-6-8-20(17(2)14-16)22-23(27(10-12-31-4)11-13-32-5)25(30)28(24(22)29)21-9-7-19(26)15-18(21)3/h6-9,14-15H,10-13H2,1-5H3.